The van der Waals surface area contributed by atoms with Crippen LogP contribution in [0.4, 0.5) is 0 Å². The number of likely N-dealkylation sites (tertiary alicyclic amines) is 1. The van der Waals surface area contributed by atoms with Crippen molar-refractivity contribution < 1.29 is 34.1 Å². The van der Waals surface area contributed by atoms with E-state index in [0.717, 1.165) is 12.5 Å². The number of benzene rings is 1. The highest BCUT2D eigenvalue weighted by Gasteiger charge is 2.38. The number of epoxide rings is 1. The molecule has 1 aromatic rings. The first kappa shape index (κ1) is 24.1. The standard InChI is InChI=1S/C24H27ClN2O7/c1-14-11-20-19(34-20)6-3-2-5-15(26-32-10-9-27-8-4-7-21(27)30)12-16-22(24(31)33-14)17(28)13-18(29)23(16)25/h2-3,5-6,13-14,19-20,28-29H,4,7-12H2,1H3/b5-2+,6-3-,26-15?. The van der Waals surface area contributed by atoms with Gasteiger partial charge in [-0.05, 0) is 25.0 Å². The minimum Gasteiger partial charge on any atom is -0.507 e. The molecule has 4 rings (SSSR count). The Morgan fingerprint density at radius 2 is 2.09 bits per heavy atom. The van der Waals surface area contributed by atoms with Gasteiger partial charge in [-0.3, -0.25) is 4.79 Å². The fourth-order valence-electron chi connectivity index (χ4n) is 4.07. The van der Waals surface area contributed by atoms with Crippen LogP contribution >= 0.6 is 11.6 Å². The molecule has 3 atom stereocenters. The highest BCUT2D eigenvalue weighted by atomic mass is 35.5. The van der Waals surface area contributed by atoms with Gasteiger partial charge in [0.1, 0.15) is 35.9 Å². The largest absolute Gasteiger partial charge is 0.507 e. The molecule has 0 saturated carbocycles. The number of allylic oxidation sites excluding steroid dienone is 3. The number of hydrogen-bond donors (Lipinski definition) is 2. The number of aromatic hydroxyl groups is 2. The average molecular weight is 491 g/mol. The monoisotopic (exact) mass is 490 g/mol. The summed E-state index contributed by atoms with van der Waals surface area (Å²) in [5.41, 5.74) is 0.413. The van der Waals surface area contributed by atoms with E-state index < -0.39 is 17.8 Å². The smallest absolute Gasteiger partial charge is 0.342 e. The van der Waals surface area contributed by atoms with Crippen LogP contribution in [0.25, 0.3) is 0 Å². The highest BCUT2D eigenvalue weighted by molar-refractivity contribution is 6.33. The van der Waals surface area contributed by atoms with Crippen LogP contribution in [0.5, 0.6) is 11.5 Å². The van der Waals surface area contributed by atoms with Gasteiger partial charge in [-0.2, -0.15) is 0 Å². The van der Waals surface area contributed by atoms with Crippen LogP contribution in [0.3, 0.4) is 0 Å². The van der Waals surface area contributed by atoms with Crippen LogP contribution in [-0.4, -0.2) is 70.7 Å². The van der Waals surface area contributed by atoms with Gasteiger partial charge in [0.25, 0.3) is 0 Å². The molecule has 3 aliphatic heterocycles. The molecule has 3 aliphatic rings. The molecule has 3 unspecified atom stereocenters. The summed E-state index contributed by atoms with van der Waals surface area (Å²) in [7, 11) is 0. The number of carbonyl (C=O) groups excluding carboxylic acids is 2. The van der Waals surface area contributed by atoms with Crippen LogP contribution in [0.2, 0.25) is 5.02 Å². The quantitative estimate of drug-likeness (QED) is 0.288. The number of cyclic esters (lactones) is 1. The number of ether oxygens (including phenoxy) is 2. The zero-order valence-electron chi connectivity index (χ0n) is 18.8. The number of fused-ring (bicyclic) bond motifs is 2. The van der Waals surface area contributed by atoms with Crippen LogP contribution in [0, 0.1) is 0 Å². The minimum absolute atomic E-state index is 0.0187. The molecule has 0 spiro atoms. The highest BCUT2D eigenvalue weighted by Crippen LogP contribution is 2.38. The molecular formula is C24H27ClN2O7. The van der Waals surface area contributed by atoms with E-state index in [4.69, 9.17) is 25.9 Å². The van der Waals surface area contributed by atoms with Gasteiger partial charge in [0.05, 0.1) is 23.4 Å². The molecule has 1 aromatic carbocycles. The number of phenolic OH excluding ortho intramolecular Hbond substituents is 2. The van der Waals surface area contributed by atoms with Gasteiger partial charge in [0.2, 0.25) is 5.91 Å². The lowest BCUT2D eigenvalue weighted by Crippen LogP contribution is -2.28. The summed E-state index contributed by atoms with van der Waals surface area (Å²) >= 11 is 6.33. The zero-order chi connectivity index (χ0) is 24.2. The summed E-state index contributed by atoms with van der Waals surface area (Å²) < 4.78 is 11.1. The molecule has 0 bridgehead atoms. The summed E-state index contributed by atoms with van der Waals surface area (Å²) in [6, 6.07) is 1.01. The molecule has 2 N–H and O–H groups in total. The Labute approximate surface area is 202 Å². The Kier molecular flexibility index (Phi) is 7.43. The molecule has 182 valence electrons. The summed E-state index contributed by atoms with van der Waals surface area (Å²) in [5.74, 6) is -1.48. The third kappa shape index (κ3) is 5.71. The fourth-order valence-corrected chi connectivity index (χ4v) is 4.29. The lowest BCUT2D eigenvalue weighted by Gasteiger charge is -2.17. The van der Waals surface area contributed by atoms with E-state index in [1.165, 1.54) is 0 Å². The Bertz CT molecular complexity index is 1050. The first-order valence-corrected chi connectivity index (χ1v) is 11.6. The Hall–Kier alpha value is -3.04. The van der Waals surface area contributed by atoms with Crippen molar-refractivity contribution in [3.05, 3.63) is 46.5 Å². The molecule has 10 heteroatoms. The van der Waals surface area contributed by atoms with Crippen molar-refractivity contribution in [2.45, 2.75) is 50.9 Å². The lowest BCUT2D eigenvalue weighted by atomic mass is 9.99. The van der Waals surface area contributed by atoms with Gasteiger partial charge < -0.3 is 29.4 Å². The Balaban J connectivity index is 1.61. The molecule has 0 radical (unpaired) electrons. The first-order chi connectivity index (χ1) is 16.3. The van der Waals surface area contributed by atoms with Crippen LogP contribution in [-0.2, 0) is 25.5 Å². The second kappa shape index (κ2) is 10.5. The van der Waals surface area contributed by atoms with Gasteiger partial charge in [0.15, 0.2) is 0 Å². The normalized spacial score (nSPS) is 28.0. The van der Waals surface area contributed by atoms with Crippen molar-refractivity contribution in [2.24, 2.45) is 5.16 Å². The Morgan fingerprint density at radius 1 is 1.26 bits per heavy atom. The molecule has 9 nitrogen and oxygen atoms in total. The molecule has 0 aliphatic carbocycles. The fraction of sp³-hybridized carbons (Fsp3) is 0.458. The number of halogens is 1. The average Bonchev–Trinajstić information content (AvgIpc) is 3.38. The van der Waals surface area contributed by atoms with Gasteiger partial charge in [-0.1, -0.05) is 35.0 Å². The molecule has 34 heavy (non-hydrogen) atoms. The summed E-state index contributed by atoms with van der Waals surface area (Å²) in [6.45, 7) is 3.07. The maximum Gasteiger partial charge on any atom is 0.342 e. The second-order valence-electron chi connectivity index (χ2n) is 8.49. The SMILES string of the molecule is CC1CC2OC2/C=C\C=C\C(=NOCCN2CCCC2=O)Cc2c(Cl)c(O)cc(O)c2C(=O)O1. The van der Waals surface area contributed by atoms with Crippen molar-refractivity contribution in [2.75, 3.05) is 19.7 Å². The van der Waals surface area contributed by atoms with Gasteiger partial charge >= 0.3 is 5.97 Å². The van der Waals surface area contributed by atoms with E-state index in [9.17, 15) is 19.8 Å². The number of phenols is 2. The number of hydrogen-bond acceptors (Lipinski definition) is 8. The van der Waals surface area contributed by atoms with Gasteiger partial charge in [-0.15, -0.1) is 0 Å². The van der Waals surface area contributed by atoms with Gasteiger partial charge in [0, 0.05) is 31.9 Å². The molecule has 0 aromatic heterocycles. The molecule has 3 heterocycles. The molecule has 1 amide bonds. The molecule has 2 saturated heterocycles. The molecule has 2 fully saturated rings. The first-order valence-electron chi connectivity index (χ1n) is 11.2. The second-order valence-corrected chi connectivity index (χ2v) is 8.87. The third-order valence-corrected chi connectivity index (χ3v) is 6.31. The van der Waals surface area contributed by atoms with Crippen molar-refractivity contribution >= 4 is 29.2 Å². The van der Waals surface area contributed by atoms with E-state index >= 15 is 0 Å². The third-order valence-electron chi connectivity index (χ3n) is 5.88. The molecular weight excluding hydrogens is 464 g/mol. The van der Waals surface area contributed by atoms with E-state index in [1.807, 2.05) is 12.2 Å². The number of nitrogens with zero attached hydrogens (tertiary/aromatic N) is 2. The topological polar surface area (TPSA) is 121 Å². The number of oxime groups is 1. The van der Waals surface area contributed by atoms with Crippen LogP contribution < -0.4 is 0 Å². The van der Waals surface area contributed by atoms with Crippen LogP contribution in [0.1, 0.15) is 42.1 Å². The van der Waals surface area contributed by atoms with E-state index in [0.29, 0.717) is 31.6 Å². The van der Waals surface area contributed by atoms with Crippen molar-refractivity contribution in [1.82, 2.24) is 4.90 Å². The van der Waals surface area contributed by atoms with E-state index in [-0.39, 0.29) is 53.0 Å². The number of carbonyl (C=O) groups is 2. The van der Waals surface area contributed by atoms with E-state index in [2.05, 4.69) is 5.16 Å². The predicted molar refractivity (Wildman–Crippen MR) is 124 cm³/mol. The number of esters is 1. The number of amides is 1. The van der Waals surface area contributed by atoms with Crippen molar-refractivity contribution in [3.8, 4) is 11.5 Å². The van der Waals surface area contributed by atoms with Gasteiger partial charge in [-0.25, -0.2) is 4.79 Å². The van der Waals surface area contributed by atoms with Crippen LogP contribution in [0.15, 0.2) is 35.5 Å². The van der Waals surface area contributed by atoms with Crippen molar-refractivity contribution in [3.63, 3.8) is 0 Å². The lowest BCUT2D eigenvalue weighted by molar-refractivity contribution is -0.128. The summed E-state index contributed by atoms with van der Waals surface area (Å²) in [6.07, 6.45) is 8.46. The summed E-state index contributed by atoms with van der Waals surface area (Å²) in [4.78, 5) is 31.9. The maximum absolute atomic E-state index is 12.9. The van der Waals surface area contributed by atoms with E-state index in [1.54, 1.807) is 24.0 Å². The van der Waals surface area contributed by atoms with Crippen molar-refractivity contribution in [1.29, 1.82) is 0 Å². The Morgan fingerprint density at radius 3 is 2.85 bits per heavy atom. The minimum atomic E-state index is -0.761. The zero-order valence-corrected chi connectivity index (χ0v) is 19.5. The predicted octanol–water partition coefficient (Wildman–Crippen LogP) is 3.12. The maximum atomic E-state index is 12.9. The summed E-state index contributed by atoms with van der Waals surface area (Å²) in [5, 5.41) is 24.7. The number of rotatable bonds is 4.